The van der Waals surface area contributed by atoms with Crippen LogP contribution in [0.4, 0.5) is 11.5 Å². The minimum absolute atomic E-state index is 0.00857. The first-order valence-electron chi connectivity index (χ1n) is 11.2. The van der Waals surface area contributed by atoms with Gasteiger partial charge in [0.15, 0.2) is 5.82 Å². The van der Waals surface area contributed by atoms with Crippen LogP contribution in [0.5, 0.6) is 0 Å². The second-order valence-corrected chi connectivity index (χ2v) is 9.35. The molecule has 8 heteroatoms. The lowest BCUT2D eigenvalue weighted by molar-refractivity contribution is -0.117. The van der Waals surface area contributed by atoms with Crippen LogP contribution >= 0.6 is 11.6 Å². The van der Waals surface area contributed by atoms with Crippen molar-refractivity contribution in [1.29, 1.82) is 0 Å². The van der Waals surface area contributed by atoms with Crippen LogP contribution in [0.1, 0.15) is 47.9 Å². The number of hydrogen-bond acceptors (Lipinski definition) is 5. The molecule has 0 bridgehead atoms. The number of carbonyl (C=O) groups excluding carboxylic acids is 1. The van der Waals surface area contributed by atoms with Crippen LogP contribution in [0.15, 0.2) is 61.1 Å². The van der Waals surface area contributed by atoms with Gasteiger partial charge in [0.1, 0.15) is 5.65 Å². The standard InChI is InChI=1S/C25H23ClN6O/c26-18-3-1-2-16(8-18)21-10-22(21)25(33)30-19-9-23(31-28-12-19)27-11-20-14-32-13-17(15-4-5-15)6-7-24(32)29-20/h1-3,6-9,12-15,21-22H,4-5,10-11H2,(H2,27,30,31,33). The Labute approximate surface area is 196 Å². The van der Waals surface area contributed by atoms with E-state index in [4.69, 9.17) is 11.6 Å². The first kappa shape index (κ1) is 20.2. The highest BCUT2D eigenvalue weighted by atomic mass is 35.5. The van der Waals surface area contributed by atoms with Crippen molar-refractivity contribution in [3.63, 3.8) is 0 Å². The zero-order chi connectivity index (χ0) is 22.4. The van der Waals surface area contributed by atoms with Gasteiger partial charge in [-0.15, -0.1) is 5.10 Å². The largest absolute Gasteiger partial charge is 0.363 e. The van der Waals surface area contributed by atoms with E-state index in [1.54, 1.807) is 12.3 Å². The normalized spacial score (nSPS) is 19.4. The maximum absolute atomic E-state index is 12.7. The Morgan fingerprint density at radius 1 is 1.12 bits per heavy atom. The molecule has 2 aliphatic rings. The SMILES string of the molecule is O=C(Nc1cnnc(NCc2cn3cc(C4CC4)ccc3n2)c1)C1CC1c1cccc(Cl)c1. The van der Waals surface area contributed by atoms with Crippen molar-refractivity contribution in [3.8, 4) is 0 Å². The van der Waals surface area contributed by atoms with E-state index >= 15 is 0 Å². The van der Waals surface area contributed by atoms with Gasteiger partial charge in [-0.2, -0.15) is 5.10 Å². The van der Waals surface area contributed by atoms with E-state index in [9.17, 15) is 4.79 Å². The third-order valence-electron chi connectivity index (χ3n) is 6.35. The summed E-state index contributed by atoms with van der Waals surface area (Å²) in [6.07, 6.45) is 9.16. The Balaban J connectivity index is 1.08. The quantitative estimate of drug-likeness (QED) is 0.406. The monoisotopic (exact) mass is 458 g/mol. The molecule has 3 aromatic heterocycles. The molecule has 2 unspecified atom stereocenters. The van der Waals surface area contributed by atoms with Gasteiger partial charge in [-0.1, -0.05) is 29.8 Å². The molecule has 0 aliphatic heterocycles. The summed E-state index contributed by atoms with van der Waals surface area (Å²) in [5.41, 5.74) is 4.96. The van der Waals surface area contributed by atoms with Gasteiger partial charge in [0.25, 0.3) is 0 Å². The molecular weight excluding hydrogens is 436 g/mol. The zero-order valence-corrected chi connectivity index (χ0v) is 18.7. The van der Waals surface area contributed by atoms with Gasteiger partial charge in [-0.3, -0.25) is 4.79 Å². The number of amides is 1. The highest BCUT2D eigenvalue weighted by Crippen LogP contribution is 2.48. The van der Waals surface area contributed by atoms with Crippen LogP contribution in [-0.4, -0.2) is 25.5 Å². The molecule has 3 heterocycles. The molecule has 7 nitrogen and oxygen atoms in total. The van der Waals surface area contributed by atoms with E-state index in [1.807, 2.05) is 30.5 Å². The first-order valence-corrected chi connectivity index (χ1v) is 11.6. The van der Waals surface area contributed by atoms with Gasteiger partial charge in [0.2, 0.25) is 5.91 Å². The van der Waals surface area contributed by atoms with Crippen LogP contribution in [0.3, 0.4) is 0 Å². The van der Waals surface area contributed by atoms with Crippen molar-refractivity contribution in [2.45, 2.75) is 37.6 Å². The fourth-order valence-corrected chi connectivity index (χ4v) is 4.53. The number of nitrogens with zero attached hydrogens (tertiary/aromatic N) is 4. The van der Waals surface area contributed by atoms with E-state index < -0.39 is 0 Å². The van der Waals surface area contributed by atoms with Gasteiger partial charge in [-0.25, -0.2) is 4.98 Å². The predicted molar refractivity (Wildman–Crippen MR) is 127 cm³/mol. The highest BCUT2D eigenvalue weighted by molar-refractivity contribution is 6.30. The Morgan fingerprint density at radius 2 is 2.03 bits per heavy atom. The summed E-state index contributed by atoms with van der Waals surface area (Å²) in [7, 11) is 0. The number of nitrogens with one attached hydrogen (secondary N) is 2. The molecule has 1 aromatic carbocycles. The number of hydrogen-bond donors (Lipinski definition) is 2. The van der Waals surface area contributed by atoms with Crippen molar-refractivity contribution in [2.75, 3.05) is 10.6 Å². The van der Waals surface area contributed by atoms with Crippen LogP contribution in [-0.2, 0) is 11.3 Å². The molecule has 33 heavy (non-hydrogen) atoms. The average Bonchev–Trinajstić information content (AvgIpc) is 3.74. The molecule has 2 atom stereocenters. The molecular formula is C25H23ClN6O. The number of anilines is 2. The van der Waals surface area contributed by atoms with E-state index in [-0.39, 0.29) is 17.7 Å². The fraction of sp³-hybridized carbons (Fsp3) is 0.280. The Hall–Kier alpha value is -3.45. The average molecular weight is 459 g/mol. The third-order valence-corrected chi connectivity index (χ3v) is 6.58. The van der Waals surface area contributed by atoms with Gasteiger partial charge < -0.3 is 15.0 Å². The molecule has 2 fully saturated rings. The number of fused-ring (bicyclic) bond motifs is 1. The summed E-state index contributed by atoms with van der Waals surface area (Å²) in [4.78, 5) is 17.4. The molecule has 0 saturated heterocycles. The van der Waals surface area contributed by atoms with E-state index in [0.717, 1.165) is 23.3 Å². The number of pyridine rings is 1. The summed E-state index contributed by atoms with van der Waals surface area (Å²) in [5.74, 6) is 1.46. The maximum atomic E-state index is 12.7. The summed E-state index contributed by atoms with van der Waals surface area (Å²) in [6.45, 7) is 0.520. The maximum Gasteiger partial charge on any atom is 0.228 e. The van der Waals surface area contributed by atoms with Crippen LogP contribution in [0, 0.1) is 5.92 Å². The van der Waals surface area contributed by atoms with Gasteiger partial charge in [0.05, 0.1) is 24.1 Å². The minimum atomic E-state index is -0.0495. The van der Waals surface area contributed by atoms with Crippen LogP contribution in [0.25, 0.3) is 5.65 Å². The number of carbonyl (C=O) groups is 1. The number of aromatic nitrogens is 4. The van der Waals surface area contributed by atoms with Crippen molar-refractivity contribution in [3.05, 3.63) is 82.9 Å². The molecule has 2 aliphatic carbocycles. The van der Waals surface area contributed by atoms with Gasteiger partial charge in [0, 0.05) is 29.4 Å². The van der Waals surface area contributed by atoms with Gasteiger partial charge in [-0.05, 0) is 60.4 Å². The van der Waals surface area contributed by atoms with Gasteiger partial charge >= 0.3 is 0 Å². The number of halogens is 1. The molecule has 0 radical (unpaired) electrons. The Morgan fingerprint density at radius 3 is 2.88 bits per heavy atom. The van der Waals surface area contributed by atoms with Crippen LogP contribution < -0.4 is 10.6 Å². The number of benzene rings is 1. The smallest absolute Gasteiger partial charge is 0.228 e. The third kappa shape index (κ3) is 4.41. The molecule has 4 aromatic rings. The lowest BCUT2D eigenvalue weighted by atomic mass is 10.1. The second kappa shape index (κ2) is 8.15. The predicted octanol–water partition coefficient (Wildman–Crippen LogP) is 5.01. The summed E-state index contributed by atoms with van der Waals surface area (Å²) < 4.78 is 2.08. The van der Waals surface area contributed by atoms with Crippen molar-refractivity contribution in [2.24, 2.45) is 5.92 Å². The molecule has 2 saturated carbocycles. The van der Waals surface area contributed by atoms with Crippen molar-refractivity contribution >= 4 is 34.7 Å². The first-order chi connectivity index (χ1) is 16.1. The van der Waals surface area contributed by atoms with E-state index in [0.29, 0.717) is 29.0 Å². The highest BCUT2D eigenvalue weighted by Gasteiger charge is 2.44. The zero-order valence-electron chi connectivity index (χ0n) is 17.9. The van der Waals surface area contributed by atoms with E-state index in [2.05, 4.69) is 48.5 Å². The summed E-state index contributed by atoms with van der Waals surface area (Å²) in [6, 6.07) is 13.8. The fourth-order valence-electron chi connectivity index (χ4n) is 4.33. The topological polar surface area (TPSA) is 84.2 Å². The van der Waals surface area contributed by atoms with Crippen molar-refractivity contribution in [1.82, 2.24) is 19.6 Å². The lowest BCUT2D eigenvalue weighted by Gasteiger charge is -2.07. The Bertz CT molecular complexity index is 1350. The number of rotatable bonds is 7. The molecule has 6 rings (SSSR count). The number of imidazole rings is 1. The molecule has 2 N–H and O–H groups in total. The molecule has 0 spiro atoms. The van der Waals surface area contributed by atoms with Crippen molar-refractivity contribution < 1.29 is 4.79 Å². The minimum Gasteiger partial charge on any atom is -0.363 e. The summed E-state index contributed by atoms with van der Waals surface area (Å²) >= 11 is 6.08. The van der Waals surface area contributed by atoms with E-state index in [1.165, 1.54) is 18.4 Å². The molecule has 1 amide bonds. The second-order valence-electron chi connectivity index (χ2n) is 8.91. The van der Waals surface area contributed by atoms with Crippen LogP contribution in [0.2, 0.25) is 5.02 Å². The summed E-state index contributed by atoms with van der Waals surface area (Å²) in [5, 5.41) is 15.1. The lowest BCUT2D eigenvalue weighted by Crippen LogP contribution is -2.15. The molecule has 166 valence electrons. The Kier molecular flexibility index (Phi) is 4.99.